The highest BCUT2D eigenvalue weighted by Gasteiger charge is 2.21. The zero-order valence-electron chi connectivity index (χ0n) is 13.1. The van der Waals surface area contributed by atoms with Gasteiger partial charge in [-0.3, -0.25) is 4.79 Å². The Morgan fingerprint density at radius 1 is 1.30 bits per heavy atom. The van der Waals surface area contributed by atoms with Gasteiger partial charge in [-0.15, -0.1) is 0 Å². The number of fused-ring (bicyclic) bond motifs is 1. The van der Waals surface area contributed by atoms with Crippen LogP contribution in [0, 0.1) is 0 Å². The quantitative estimate of drug-likeness (QED) is 0.868. The number of rotatable bonds is 5. The summed E-state index contributed by atoms with van der Waals surface area (Å²) in [4.78, 5) is 16.3. The van der Waals surface area contributed by atoms with E-state index in [-0.39, 0.29) is 17.6 Å². The molecular formula is C16H19N3O4. The molecule has 0 aliphatic carbocycles. The SMILES string of the molecule is CNC(C)CNC(=O)c1ncoc1-c1ccc2c(c1)OCCO2. The molecule has 0 fully saturated rings. The van der Waals surface area contributed by atoms with E-state index < -0.39 is 0 Å². The maximum absolute atomic E-state index is 12.3. The van der Waals surface area contributed by atoms with E-state index in [0.717, 1.165) is 5.56 Å². The Morgan fingerprint density at radius 3 is 2.87 bits per heavy atom. The number of hydrogen-bond acceptors (Lipinski definition) is 6. The molecule has 0 saturated carbocycles. The van der Waals surface area contributed by atoms with E-state index in [4.69, 9.17) is 13.9 Å². The highest BCUT2D eigenvalue weighted by atomic mass is 16.6. The monoisotopic (exact) mass is 317 g/mol. The molecule has 0 spiro atoms. The molecule has 0 bridgehead atoms. The number of likely N-dealkylation sites (N-methyl/N-ethyl adjacent to an activating group) is 1. The third-order valence-electron chi connectivity index (χ3n) is 3.65. The van der Waals surface area contributed by atoms with Crippen LogP contribution in [-0.2, 0) is 0 Å². The summed E-state index contributed by atoms with van der Waals surface area (Å²) in [5, 5.41) is 5.89. The summed E-state index contributed by atoms with van der Waals surface area (Å²) >= 11 is 0. The maximum atomic E-state index is 12.3. The van der Waals surface area contributed by atoms with Crippen molar-refractivity contribution >= 4 is 5.91 Å². The molecule has 1 amide bonds. The lowest BCUT2D eigenvalue weighted by Gasteiger charge is -2.18. The van der Waals surface area contributed by atoms with Gasteiger partial charge in [-0.2, -0.15) is 0 Å². The lowest BCUT2D eigenvalue weighted by atomic mass is 10.1. The average Bonchev–Trinajstić information content (AvgIpc) is 3.08. The predicted molar refractivity (Wildman–Crippen MR) is 83.8 cm³/mol. The zero-order chi connectivity index (χ0) is 16.2. The topological polar surface area (TPSA) is 85.6 Å². The van der Waals surface area contributed by atoms with Gasteiger partial charge in [0.25, 0.3) is 5.91 Å². The van der Waals surface area contributed by atoms with Crippen LogP contribution in [0.1, 0.15) is 17.4 Å². The van der Waals surface area contributed by atoms with Gasteiger partial charge < -0.3 is 24.5 Å². The van der Waals surface area contributed by atoms with Crippen LogP contribution in [0.2, 0.25) is 0 Å². The van der Waals surface area contributed by atoms with Crippen LogP contribution in [0.3, 0.4) is 0 Å². The smallest absolute Gasteiger partial charge is 0.273 e. The number of oxazole rings is 1. The third-order valence-corrected chi connectivity index (χ3v) is 3.65. The van der Waals surface area contributed by atoms with Crippen molar-refractivity contribution in [3.63, 3.8) is 0 Å². The molecule has 1 aliphatic heterocycles. The summed E-state index contributed by atoms with van der Waals surface area (Å²) in [5.74, 6) is 1.47. The molecule has 1 aromatic carbocycles. The van der Waals surface area contributed by atoms with Gasteiger partial charge in [-0.1, -0.05) is 0 Å². The van der Waals surface area contributed by atoms with Crippen molar-refractivity contribution in [3.05, 3.63) is 30.3 Å². The van der Waals surface area contributed by atoms with Crippen LogP contribution in [-0.4, -0.2) is 43.7 Å². The van der Waals surface area contributed by atoms with E-state index in [9.17, 15) is 4.79 Å². The average molecular weight is 317 g/mol. The maximum Gasteiger partial charge on any atom is 0.273 e. The molecule has 2 aromatic rings. The summed E-state index contributed by atoms with van der Waals surface area (Å²) in [7, 11) is 1.84. The molecule has 0 saturated heterocycles. The lowest BCUT2D eigenvalue weighted by molar-refractivity contribution is 0.0946. The number of benzene rings is 1. The highest BCUT2D eigenvalue weighted by molar-refractivity contribution is 5.97. The third kappa shape index (κ3) is 3.29. The van der Waals surface area contributed by atoms with Gasteiger partial charge in [-0.25, -0.2) is 4.98 Å². The Morgan fingerprint density at radius 2 is 2.09 bits per heavy atom. The normalized spacial score (nSPS) is 14.3. The first-order chi connectivity index (χ1) is 11.2. The molecule has 0 radical (unpaired) electrons. The summed E-state index contributed by atoms with van der Waals surface area (Å²) in [6.07, 6.45) is 1.27. The molecule has 7 heteroatoms. The van der Waals surface area contributed by atoms with Crippen LogP contribution in [0.15, 0.2) is 29.0 Å². The molecular weight excluding hydrogens is 298 g/mol. The van der Waals surface area contributed by atoms with Crippen LogP contribution in [0.4, 0.5) is 0 Å². The minimum atomic E-state index is -0.272. The number of aromatic nitrogens is 1. The Kier molecular flexibility index (Phi) is 4.47. The molecule has 2 heterocycles. The van der Waals surface area contributed by atoms with Gasteiger partial charge in [0, 0.05) is 18.2 Å². The molecule has 1 aliphatic rings. The molecule has 1 unspecified atom stereocenters. The van der Waals surface area contributed by atoms with Gasteiger partial charge in [0.05, 0.1) is 0 Å². The zero-order valence-corrected chi connectivity index (χ0v) is 13.1. The second kappa shape index (κ2) is 6.70. The molecule has 122 valence electrons. The van der Waals surface area contributed by atoms with Crippen molar-refractivity contribution in [2.45, 2.75) is 13.0 Å². The first kappa shape index (κ1) is 15.4. The number of carbonyl (C=O) groups excluding carboxylic acids is 1. The second-order valence-corrected chi connectivity index (χ2v) is 5.29. The van der Waals surface area contributed by atoms with Crippen molar-refractivity contribution in [1.29, 1.82) is 0 Å². The fourth-order valence-corrected chi connectivity index (χ4v) is 2.23. The van der Waals surface area contributed by atoms with Crippen molar-refractivity contribution in [1.82, 2.24) is 15.6 Å². The van der Waals surface area contributed by atoms with Crippen LogP contribution in [0.5, 0.6) is 11.5 Å². The fourth-order valence-electron chi connectivity index (χ4n) is 2.23. The minimum absolute atomic E-state index is 0.170. The summed E-state index contributed by atoms with van der Waals surface area (Å²) in [6, 6.07) is 5.59. The molecule has 7 nitrogen and oxygen atoms in total. The summed E-state index contributed by atoms with van der Waals surface area (Å²) in [5.41, 5.74) is 0.976. The Bertz CT molecular complexity index is 698. The van der Waals surface area contributed by atoms with Crippen LogP contribution in [0.25, 0.3) is 11.3 Å². The van der Waals surface area contributed by atoms with Gasteiger partial charge in [0.15, 0.2) is 29.3 Å². The van der Waals surface area contributed by atoms with E-state index in [1.807, 2.05) is 20.0 Å². The highest BCUT2D eigenvalue weighted by Crippen LogP contribution is 2.35. The van der Waals surface area contributed by atoms with Crippen molar-refractivity contribution in [2.75, 3.05) is 26.8 Å². The number of carbonyl (C=O) groups is 1. The Hall–Kier alpha value is -2.54. The van der Waals surface area contributed by atoms with Gasteiger partial charge in [-0.05, 0) is 32.2 Å². The van der Waals surface area contributed by atoms with E-state index >= 15 is 0 Å². The molecule has 1 aromatic heterocycles. The molecule has 2 N–H and O–H groups in total. The molecule has 1 atom stereocenters. The van der Waals surface area contributed by atoms with Crippen molar-refractivity contribution < 1.29 is 18.7 Å². The standard InChI is InChI=1S/C16H19N3O4/c1-10(17-2)8-18-16(20)14-15(23-9-19-14)11-3-4-12-13(7-11)22-6-5-21-12/h3-4,7,9-10,17H,5-6,8H2,1-2H3,(H,18,20). The number of ether oxygens (including phenoxy) is 2. The number of nitrogens with one attached hydrogen (secondary N) is 2. The van der Waals surface area contributed by atoms with E-state index in [1.165, 1.54) is 6.39 Å². The van der Waals surface area contributed by atoms with E-state index in [1.54, 1.807) is 12.1 Å². The molecule has 23 heavy (non-hydrogen) atoms. The summed E-state index contributed by atoms with van der Waals surface area (Å²) in [6.45, 7) is 3.52. The van der Waals surface area contributed by atoms with Gasteiger partial charge >= 0.3 is 0 Å². The Labute approximate surface area is 134 Å². The summed E-state index contributed by atoms with van der Waals surface area (Å²) < 4.78 is 16.5. The number of hydrogen-bond donors (Lipinski definition) is 2. The van der Waals surface area contributed by atoms with Crippen molar-refractivity contribution in [2.24, 2.45) is 0 Å². The van der Waals surface area contributed by atoms with Crippen LogP contribution < -0.4 is 20.1 Å². The number of amides is 1. The largest absolute Gasteiger partial charge is 0.486 e. The van der Waals surface area contributed by atoms with Gasteiger partial charge in [0.1, 0.15) is 13.2 Å². The minimum Gasteiger partial charge on any atom is -0.486 e. The Balaban J connectivity index is 1.82. The fraction of sp³-hybridized carbons (Fsp3) is 0.375. The molecule has 3 rings (SSSR count). The number of nitrogens with zero attached hydrogens (tertiary/aromatic N) is 1. The van der Waals surface area contributed by atoms with E-state index in [0.29, 0.717) is 37.0 Å². The van der Waals surface area contributed by atoms with E-state index in [2.05, 4.69) is 15.6 Å². The van der Waals surface area contributed by atoms with Crippen molar-refractivity contribution in [3.8, 4) is 22.8 Å². The first-order valence-electron chi connectivity index (χ1n) is 7.48. The van der Waals surface area contributed by atoms with Gasteiger partial charge in [0.2, 0.25) is 0 Å². The first-order valence-corrected chi connectivity index (χ1v) is 7.48. The van der Waals surface area contributed by atoms with Crippen LogP contribution >= 0.6 is 0 Å². The lowest BCUT2D eigenvalue weighted by Crippen LogP contribution is -2.37. The second-order valence-electron chi connectivity index (χ2n) is 5.29. The predicted octanol–water partition coefficient (Wildman–Crippen LogP) is 1.45.